The van der Waals surface area contributed by atoms with E-state index in [2.05, 4.69) is 55.2 Å². The lowest BCUT2D eigenvalue weighted by Gasteiger charge is -2.07. The third-order valence-corrected chi connectivity index (χ3v) is 3.90. The van der Waals surface area contributed by atoms with E-state index in [1.54, 1.807) is 17.1 Å². The van der Waals surface area contributed by atoms with Crippen LogP contribution in [0.5, 0.6) is 0 Å². The quantitative estimate of drug-likeness (QED) is 0.496. The molecule has 3 aromatic heterocycles. The topological polar surface area (TPSA) is 92.1 Å². The molecule has 0 aliphatic carbocycles. The summed E-state index contributed by atoms with van der Waals surface area (Å²) < 4.78 is 5.49. The van der Waals surface area contributed by atoms with Gasteiger partial charge in [-0.25, -0.2) is 4.68 Å². The minimum atomic E-state index is 0.641. The zero-order valence-electron chi connectivity index (χ0n) is 13.5. The summed E-state index contributed by atoms with van der Waals surface area (Å²) >= 11 is 0. The highest BCUT2D eigenvalue weighted by molar-refractivity contribution is 5.23. The highest BCUT2D eigenvalue weighted by Gasteiger charge is 2.07. The SMILES string of the molecule is c1cnn(Cc2ccc(Cn3nnnc3CCn3ccnn3)cc2)c1. The first kappa shape index (κ1) is 15.2. The predicted molar refractivity (Wildman–Crippen MR) is 88.4 cm³/mol. The van der Waals surface area contributed by atoms with Crippen LogP contribution in [0.4, 0.5) is 0 Å². The lowest BCUT2D eigenvalue weighted by Crippen LogP contribution is -2.11. The molecule has 0 atom stereocenters. The summed E-state index contributed by atoms with van der Waals surface area (Å²) in [6, 6.07) is 10.3. The van der Waals surface area contributed by atoms with E-state index in [0.29, 0.717) is 19.5 Å². The summed E-state index contributed by atoms with van der Waals surface area (Å²) in [7, 11) is 0. The Morgan fingerprint density at radius 1 is 0.840 bits per heavy atom. The van der Waals surface area contributed by atoms with Crippen molar-refractivity contribution in [3.05, 3.63) is 72.1 Å². The number of hydrogen-bond acceptors (Lipinski definition) is 6. The van der Waals surface area contributed by atoms with E-state index >= 15 is 0 Å². The zero-order valence-corrected chi connectivity index (χ0v) is 13.5. The summed E-state index contributed by atoms with van der Waals surface area (Å²) in [4.78, 5) is 0. The molecule has 0 N–H and O–H groups in total. The fraction of sp³-hybridized carbons (Fsp3) is 0.250. The van der Waals surface area contributed by atoms with Crippen molar-refractivity contribution in [2.45, 2.75) is 26.1 Å². The molecule has 0 amide bonds. The average molecular weight is 335 g/mol. The van der Waals surface area contributed by atoms with Gasteiger partial charge in [-0.05, 0) is 27.6 Å². The molecule has 0 saturated heterocycles. The number of benzene rings is 1. The fourth-order valence-corrected chi connectivity index (χ4v) is 2.60. The van der Waals surface area contributed by atoms with Crippen molar-refractivity contribution < 1.29 is 0 Å². The van der Waals surface area contributed by atoms with Gasteiger partial charge in [-0.3, -0.25) is 9.36 Å². The van der Waals surface area contributed by atoms with Gasteiger partial charge in [-0.2, -0.15) is 5.10 Å². The highest BCUT2D eigenvalue weighted by atomic mass is 15.5. The molecule has 0 fully saturated rings. The molecule has 0 saturated carbocycles. The molecule has 4 aromatic rings. The number of aromatic nitrogens is 9. The van der Waals surface area contributed by atoms with Crippen LogP contribution in [-0.2, 0) is 26.1 Å². The lowest BCUT2D eigenvalue weighted by molar-refractivity contribution is 0.548. The van der Waals surface area contributed by atoms with Gasteiger partial charge in [0.15, 0.2) is 5.82 Å². The van der Waals surface area contributed by atoms with E-state index in [-0.39, 0.29) is 0 Å². The lowest BCUT2D eigenvalue weighted by atomic mass is 10.1. The van der Waals surface area contributed by atoms with E-state index in [4.69, 9.17) is 0 Å². The van der Waals surface area contributed by atoms with E-state index in [0.717, 1.165) is 17.9 Å². The molecule has 9 heteroatoms. The first-order chi connectivity index (χ1) is 12.4. The molecule has 3 heterocycles. The maximum absolute atomic E-state index is 4.22. The highest BCUT2D eigenvalue weighted by Crippen LogP contribution is 2.08. The molecule has 0 bridgehead atoms. The second kappa shape index (κ2) is 7.04. The first-order valence-electron chi connectivity index (χ1n) is 8.01. The van der Waals surface area contributed by atoms with Gasteiger partial charge in [-0.15, -0.1) is 10.2 Å². The second-order valence-corrected chi connectivity index (χ2v) is 5.69. The predicted octanol–water partition coefficient (Wildman–Crippen LogP) is 0.800. The fourth-order valence-electron chi connectivity index (χ4n) is 2.60. The second-order valence-electron chi connectivity index (χ2n) is 5.69. The van der Waals surface area contributed by atoms with Gasteiger partial charge in [0.05, 0.1) is 19.3 Å². The monoisotopic (exact) mass is 335 g/mol. The molecule has 0 aliphatic rings. The minimum Gasteiger partial charge on any atom is -0.268 e. The molecular weight excluding hydrogens is 318 g/mol. The molecule has 4 rings (SSSR count). The van der Waals surface area contributed by atoms with Gasteiger partial charge in [0.1, 0.15) is 0 Å². The molecule has 0 spiro atoms. The smallest absolute Gasteiger partial charge is 0.153 e. The third-order valence-electron chi connectivity index (χ3n) is 3.90. The summed E-state index contributed by atoms with van der Waals surface area (Å²) in [6.45, 7) is 2.10. The van der Waals surface area contributed by atoms with E-state index in [1.165, 1.54) is 5.56 Å². The number of aryl methyl sites for hydroxylation is 2. The van der Waals surface area contributed by atoms with Crippen molar-refractivity contribution in [1.29, 1.82) is 0 Å². The van der Waals surface area contributed by atoms with Crippen molar-refractivity contribution in [3.63, 3.8) is 0 Å². The number of rotatable bonds is 7. The van der Waals surface area contributed by atoms with Crippen molar-refractivity contribution >= 4 is 0 Å². The molecule has 1 aromatic carbocycles. The Balaban J connectivity index is 1.39. The van der Waals surface area contributed by atoms with E-state index in [1.807, 2.05) is 27.8 Å². The van der Waals surface area contributed by atoms with Gasteiger partial charge in [0.2, 0.25) is 0 Å². The Morgan fingerprint density at radius 3 is 2.40 bits per heavy atom. The minimum absolute atomic E-state index is 0.641. The number of tetrazole rings is 1. The Labute approximate surface area is 143 Å². The standard InChI is InChI=1S/C16H17N9/c1-7-18-24(9-1)12-14-2-4-15(5-3-14)13-25-16(19-20-22-25)6-10-23-11-8-17-21-23/h1-5,7-9,11H,6,10,12-13H2. The summed E-state index contributed by atoms with van der Waals surface area (Å²) in [5.41, 5.74) is 2.36. The molecule has 126 valence electrons. The maximum atomic E-state index is 4.22. The largest absolute Gasteiger partial charge is 0.268 e. The van der Waals surface area contributed by atoms with Crippen LogP contribution in [0.25, 0.3) is 0 Å². The summed E-state index contributed by atoms with van der Waals surface area (Å²) in [5, 5.41) is 24.0. The average Bonchev–Trinajstić information content (AvgIpc) is 3.38. The van der Waals surface area contributed by atoms with Crippen LogP contribution in [0.15, 0.2) is 55.1 Å². The van der Waals surface area contributed by atoms with E-state index < -0.39 is 0 Å². The number of nitrogens with zero attached hydrogens (tertiary/aromatic N) is 9. The van der Waals surface area contributed by atoms with Crippen LogP contribution in [0.1, 0.15) is 17.0 Å². The van der Waals surface area contributed by atoms with Crippen LogP contribution < -0.4 is 0 Å². The Hall–Kier alpha value is -3.36. The Morgan fingerprint density at radius 2 is 1.68 bits per heavy atom. The van der Waals surface area contributed by atoms with Gasteiger partial charge < -0.3 is 0 Å². The normalized spacial score (nSPS) is 11.0. The summed E-state index contributed by atoms with van der Waals surface area (Å²) in [6.07, 6.45) is 7.93. The maximum Gasteiger partial charge on any atom is 0.153 e. The van der Waals surface area contributed by atoms with Crippen LogP contribution in [-0.4, -0.2) is 45.0 Å². The molecule has 0 radical (unpaired) electrons. The molecule has 25 heavy (non-hydrogen) atoms. The first-order valence-corrected chi connectivity index (χ1v) is 8.01. The van der Waals surface area contributed by atoms with Crippen LogP contribution >= 0.6 is 0 Å². The van der Waals surface area contributed by atoms with Gasteiger partial charge >= 0.3 is 0 Å². The zero-order chi connectivity index (χ0) is 16.9. The van der Waals surface area contributed by atoms with Crippen molar-refractivity contribution in [2.24, 2.45) is 0 Å². The van der Waals surface area contributed by atoms with Crippen molar-refractivity contribution in [1.82, 2.24) is 45.0 Å². The van der Waals surface area contributed by atoms with Crippen LogP contribution in [0.3, 0.4) is 0 Å². The summed E-state index contributed by atoms with van der Waals surface area (Å²) in [5.74, 6) is 0.830. The van der Waals surface area contributed by atoms with Gasteiger partial charge in [-0.1, -0.05) is 29.5 Å². The molecule has 0 aliphatic heterocycles. The molecule has 0 unspecified atom stereocenters. The number of hydrogen-bond donors (Lipinski definition) is 0. The van der Waals surface area contributed by atoms with Crippen LogP contribution in [0.2, 0.25) is 0 Å². The van der Waals surface area contributed by atoms with Crippen molar-refractivity contribution in [2.75, 3.05) is 0 Å². The Bertz CT molecular complexity index is 892. The van der Waals surface area contributed by atoms with Gasteiger partial charge in [0.25, 0.3) is 0 Å². The molecule has 9 nitrogen and oxygen atoms in total. The third kappa shape index (κ3) is 3.77. The van der Waals surface area contributed by atoms with Crippen molar-refractivity contribution in [3.8, 4) is 0 Å². The van der Waals surface area contributed by atoms with Crippen LogP contribution in [0, 0.1) is 0 Å². The molecular formula is C16H17N9. The van der Waals surface area contributed by atoms with Gasteiger partial charge in [0, 0.05) is 31.6 Å². The van der Waals surface area contributed by atoms with E-state index in [9.17, 15) is 0 Å². The Kier molecular flexibility index (Phi) is 4.27.